The Labute approximate surface area is 180 Å². The highest BCUT2D eigenvalue weighted by atomic mass is 16.2. The van der Waals surface area contributed by atoms with Crippen molar-refractivity contribution < 1.29 is 14.4 Å². The molecule has 0 saturated heterocycles. The van der Waals surface area contributed by atoms with Gasteiger partial charge in [-0.25, -0.2) is 4.98 Å². The third-order valence-corrected chi connectivity index (χ3v) is 4.78. The molecule has 0 unspecified atom stereocenters. The van der Waals surface area contributed by atoms with E-state index in [2.05, 4.69) is 15.6 Å². The van der Waals surface area contributed by atoms with Gasteiger partial charge in [0.15, 0.2) is 0 Å². The number of amides is 3. The number of nitrogens with one attached hydrogen (secondary N) is 2. The van der Waals surface area contributed by atoms with Gasteiger partial charge in [-0.1, -0.05) is 66.7 Å². The maximum atomic E-state index is 13.2. The summed E-state index contributed by atoms with van der Waals surface area (Å²) in [5.74, 6) is -1.56. The molecule has 1 aromatic heterocycles. The van der Waals surface area contributed by atoms with E-state index in [4.69, 9.17) is 5.73 Å². The van der Waals surface area contributed by atoms with Crippen molar-refractivity contribution in [2.24, 2.45) is 5.73 Å². The van der Waals surface area contributed by atoms with Gasteiger partial charge in [0.25, 0.3) is 0 Å². The van der Waals surface area contributed by atoms with Crippen molar-refractivity contribution in [2.45, 2.75) is 24.8 Å². The summed E-state index contributed by atoms with van der Waals surface area (Å²) in [6, 6.07) is 22.8. The van der Waals surface area contributed by atoms with Crippen LogP contribution in [0.1, 0.15) is 29.9 Å². The second-order valence-corrected chi connectivity index (χ2v) is 7.02. The molecule has 0 aliphatic carbocycles. The molecule has 31 heavy (non-hydrogen) atoms. The predicted octanol–water partition coefficient (Wildman–Crippen LogP) is 2.60. The lowest BCUT2D eigenvalue weighted by atomic mass is 9.90. The van der Waals surface area contributed by atoms with Crippen molar-refractivity contribution in [1.29, 1.82) is 0 Å². The highest BCUT2D eigenvalue weighted by molar-refractivity contribution is 5.93. The minimum atomic E-state index is -0.975. The number of benzene rings is 2. The van der Waals surface area contributed by atoms with Crippen LogP contribution in [0.2, 0.25) is 0 Å². The number of carbonyl (C=O) groups excluding carboxylic acids is 3. The third kappa shape index (κ3) is 6.24. The molecular weight excluding hydrogens is 392 g/mol. The fourth-order valence-electron chi connectivity index (χ4n) is 3.24. The SMILES string of the molecule is NC(=O)[C@@H](CCC(=O)Nc1ccccn1)NC(=O)C(c1ccccc1)c1ccccc1. The summed E-state index contributed by atoms with van der Waals surface area (Å²) in [4.78, 5) is 41.3. The molecule has 158 valence electrons. The molecule has 7 nitrogen and oxygen atoms in total. The molecule has 7 heteroatoms. The third-order valence-electron chi connectivity index (χ3n) is 4.78. The Morgan fingerprint density at radius 1 is 0.839 bits per heavy atom. The van der Waals surface area contributed by atoms with E-state index in [1.54, 1.807) is 24.4 Å². The van der Waals surface area contributed by atoms with Gasteiger partial charge >= 0.3 is 0 Å². The van der Waals surface area contributed by atoms with E-state index >= 15 is 0 Å². The van der Waals surface area contributed by atoms with Gasteiger partial charge in [-0.05, 0) is 29.7 Å². The largest absolute Gasteiger partial charge is 0.368 e. The standard InChI is InChI=1S/C24H24N4O3/c25-23(30)19(14-15-21(29)28-20-13-7-8-16-26-20)27-24(31)22(17-9-3-1-4-10-17)18-11-5-2-6-12-18/h1-13,16,19,22H,14-15H2,(H2,25,30)(H,27,31)(H,26,28,29)/t19-/m1/s1. The van der Waals surface area contributed by atoms with Crippen LogP contribution in [-0.4, -0.2) is 28.7 Å². The maximum Gasteiger partial charge on any atom is 0.240 e. The summed E-state index contributed by atoms with van der Waals surface area (Å²) in [6.07, 6.45) is 1.65. The lowest BCUT2D eigenvalue weighted by Crippen LogP contribution is -2.46. The van der Waals surface area contributed by atoms with Crippen molar-refractivity contribution >= 4 is 23.5 Å². The normalized spacial score (nSPS) is 11.5. The summed E-state index contributed by atoms with van der Waals surface area (Å²) in [5, 5.41) is 5.37. The number of nitrogens with two attached hydrogens (primary N) is 1. The van der Waals surface area contributed by atoms with Crippen LogP contribution in [0.25, 0.3) is 0 Å². The predicted molar refractivity (Wildman–Crippen MR) is 118 cm³/mol. The summed E-state index contributed by atoms with van der Waals surface area (Å²) in [6.45, 7) is 0. The molecule has 1 heterocycles. The average molecular weight is 416 g/mol. The Hall–Kier alpha value is -4.00. The molecule has 0 aliphatic heterocycles. The summed E-state index contributed by atoms with van der Waals surface area (Å²) < 4.78 is 0. The molecule has 2 aromatic carbocycles. The zero-order valence-electron chi connectivity index (χ0n) is 16.9. The van der Waals surface area contributed by atoms with Crippen LogP contribution in [0.15, 0.2) is 85.1 Å². The van der Waals surface area contributed by atoms with Crippen LogP contribution in [0, 0.1) is 0 Å². The molecule has 0 aliphatic rings. The molecule has 0 bridgehead atoms. The molecule has 3 rings (SSSR count). The molecule has 0 radical (unpaired) electrons. The van der Waals surface area contributed by atoms with Crippen molar-refractivity contribution in [2.75, 3.05) is 5.32 Å². The van der Waals surface area contributed by atoms with Gasteiger partial charge < -0.3 is 16.4 Å². The maximum absolute atomic E-state index is 13.2. The first-order valence-corrected chi connectivity index (χ1v) is 9.95. The highest BCUT2D eigenvalue weighted by Gasteiger charge is 2.27. The zero-order chi connectivity index (χ0) is 22.1. The number of rotatable bonds is 9. The first-order chi connectivity index (χ1) is 15.0. The molecule has 3 amide bonds. The van der Waals surface area contributed by atoms with Gasteiger partial charge in [-0.3, -0.25) is 14.4 Å². The lowest BCUT2D eigenvalue weighted by molar-refractivity contribution is -0.128. The molecule has 0 spiro atoms. The van der Waals surface area contributed by atoms with Gasteiger partial charge in [-0.2, -0.15) is 0 Å². The zero-order valence-corrected chi connectivity index (χ0v) is 16.9. The monoisotopic (exact) mass is 416 g/mol. The smallest absolute Gasteiger partial charge is 0.240 e. The van der Waals surface area contributed by atoms with Crippen LogP contribution < -0.4 is 16.4 Å². The van der Waals surface area contributed by atoms with Gasteiger partial charge in [0.05, 0.1) is 5.92 Å². The molecular formula is C24H24N4O3. The number of pyridine rings is 1. The molecule has 4 N–H and O–H groups in total. The molecule has 3 aromatic rings. The summed E-state index contributed by atoms with van der Waals surface area (Å²) in [7, 11) is 0. The second-order valence-electron chi connectivity index (χ2n) is 7.02. The molecule has 0 fully saturated rings. The lowest BCUT2D eigenvalue weighted by Gasteiger charge is -2.21. The van der Waals surface area contributed by atoms with E-state index in [1.807, 2.05) is 60.7 Å². The van der Waals surface area contributed by atoms with Gasteiger partial charge in [0.1, 0.15) is 11.9 Å². The van der Waals surface area contributed by atoms with E-state index in [9.17, 15) is 14.4 Å². The number of primary amides is 1. The first-order valence-electron chi connectivity index (χ1n) is 9.95. The number of nitrogens with zero attached hydrogens (tertiary/aromatic N) is 1. The van der Waals surface area contributed by atoms with Crippen LogP contribution >= 0.6 is 0 Å². The Kier molecular flexibility index (Phi) is 7.48. The first kappa shape index (κ1) is 21.7. The van der Waals surface area contributed by atoms with E-state index in [1.165, 1.54) is 0 Å². The topological polar surface area (TPSA) is 114 Å². The molecule has 0 saturated carbocycles. The van der Waals surface area contributed by atoms with Crippen LogP contribution in [0.4, 0.5) is 5.82 Å². The van der Waals surface area contributed by atoms with Crippen LogP contribution in [0.3, 0.4) is 0 Å². The van der Waals surface area contributed by atoms with Crippen LogP contribution in [0.5, 0.6) is 0 Å². The highest BCUT2D eigenvalue weighted by Crippen LogP contribution is 2.25. The summed E-state index contributed by atoms with van der Waals surface area (Å²) in [5.41, 5.74) is 7.09. The van der Waals surface area contributed by atoms with Gasteiger partial charge in [-0.15, -0.1) is 0 Å². The Balaban J connectivity index is 1.69. The number of hydrogen-bond donors (Lipinski definition) is 3. The number of anilines is 1. The van der Waals surface area contributed by atoms with Gasteiger partial charge in [0.2, 0.25) is 17.7 Å². The fraction of sp³-hybridized carbons (Fsp3) is 0.167. The van der Waals surface area contributed by atoms with E-state index in [0.717, 1.165) is 11.1 Å². The minimum absolute atomic E-state index is 0.00576. The number of hydrogen-bond acceptors (Lipinski definition) is 4. The van der Waals surface area contributed by atoms with E-state index < -0.39 is 17.9 Å². The average Bonchev–Trinajstić information content (AvgIpc) is 2.79. The van der Waals surface area contributed by atoms with Crippen molar-refractivity contribution in [1.82, 2.24) is 10.3 Å². The Morgan fingerprint density at radius 2 is 1.42 bits per heavy atom. The van der Waals surface area contributed by atoms with E-state index in [-0.39, 0.29) is 24.7 Å². The van der Waals surface area contributed by atoms with Crippen LogP contribution in [-0.2, 0) is 14.4 Å². The van der Waals surface area contributed by atoms with Gasteiger partial charge in [0, 0.05) is 12.6 Å². The number of carbonyl (C=O) groups is 3. The fourth-order valence-corrected chi connectivity index (χ4v) is 3.24. The summed E-state index contributed by atoms with van der Waals surface area (Å²) >= 11 is 0. The van der Waals surface area contributed by atoms with Crippen molar-refractivity contribution in [3.63, 3.8) is 0 Å². The Morgan fingerprint density at radius 3 is 1.94 bits per heavy atom. The van der Waals surface area contributed by atoms with E-state index in [0.29, 0.717) is 5.82 Å². The molecule has 1 atom stereocenters. The van der Waals surface area contributed by atoms with Crippen molar-refractivity contribution in [3.05, 3.63) is 96.2 Å². The second kappa shape index (κ2) is 10.7. The quantitative estimate of drug-likeness (QED) is 0.497. The Bertz CT molecular complexity index is 971. The minimum Gasteiger partial charge on any atom is -0.368 e. The number of aromatic nitrogens is 1. The van der Waals surface area contributed by atoms with Crippen molar-refractivity contribution in [3.8, 4) is 0 Å².